The topological polar surface area (TPSA) is 12.0 Å². The molecule has 0 aromatic heterocycles. The predicted molar refractivity (Wildman–Crippen MR) is 57.8 cm³/mol. The number of rotatable bonds is 3. The Morgan fingerprint density at radius 2 is 1.88 bits per heavy atom. The summed E-state index contributed by atoms with van der Waals surface area (Å²) in [5.41, 5.74) is 0. The van der Waals surface area contributed by atoms with Crippen LogP contribution in [0, 0.1) is 24.2 Å². The van der Waals surface area contributed by atoms with Gasteiger partial charge in [-0.05, 0) is 38.1 Å². The Bertz CT molecular complexity index is 246. The van der Waals surface area contributed by atoms with E-state index in [9.17, 15) is 13.2 Å². The van der Waals surface area contributed by atoms with Crippen LogP contribution in [0.5, 0.6) is 0 Å². The van der Waals surface area contributed by atoms with Gasteiger partial charge in [0.1, 0.15) is 0 Å². The molecule has 0 radical (unpaired) electrons. The maximum atomic E-state index is 12.4. The first kappa shape index (κ1) is 13.4. The standard InChI is InChI=1S/C12H18F3N/c1-3-11(16-4-2)9-5-7-10(8-6-9)12(13,14)15/h1,9-11,16H,4-8H2,2H3. The predicted octanol–water partition coefficient (Wildman–Crippen LogP) is 2.97. The lowest BCUT2D eigenvalue weighted by atomic mass is 9.78. The van der Waals surface area contributed by atoms with Gasteiger partial charge in [-0.15, -0.1) is 6.42 Å². The van der Waals surface area contributed by atoms with Gasteiger partial charge in [0.25, 0.3) is 0 Å². The molecular formula is C12H18F3N. The summed E-state index contributed by atoms with van der Waals surface area (Å²) in [6.07, 6.45) is 2.93. The van der Waals surface area contributed by atoms with Gasteiger partial charge in [0.2, 0.25) is 0 Å². The maximum absolute atomic E-state index is 12.4. The highest BCUT2D eigenvalue weighted by Gasteiger charge is 2.42. The zero-order chi connectivity index (χ0) is 12.2. The lowest BCUT2D eigenvalue weighted by Crippen LogP contribution is -2.38. The molecule has 0 spiro atoms. The van der Waals surface area contributed by atoms with Crippen LogP contribution in [0.3, 0.4) is 0 Å². The van der Waals surface area contributed by atoms with Gasteiger partial charge < -0.3 is 5.32 Å². The van der Waals surface area contributed by atoms with E-state index < -0.39 is 12.1 Å². The zero-order valence-electron chi connectivity index (χ0n) is 9.48. The molecule has 1 atom stereocenters. The van der Waals surface area contributed by atoms with Crippen LogP contribution in [0.1, 0.15) is 32.6 Å². The Kier molecular flexibility index (Phi) is 4.67. The fourth-order valence-corrected chi connectivity index (χ4v) is 2.36. The molecule has 0 bridgehead atoms. The first-order valence-corrected chi connectivity index (χ1v) is 5.75. The molecule has 0 heterocycles. The second-order valence-electron chi connectivity index (χ2n) is 4.36. The first-order valence-electron chi connectivity index (χ1n) is 5.75. The van der Waals surface area contributed by atoms with E-state index >= 15 is 0 Å². The van der Waals surface area contributed by atoms with Crippen molar-refractivity contribution in [2.45, 2.75) is 44.8 Å². The van der Waals surface area contributed by atoms with Gasteiger partial charge in [0.05, 0.1) is 12.0 Å². The van der Waals surface area contributed by atoms with E-state index in [1.165, 1.54) is 0 Å². The minimum atomic E-state index is -4.03. The summed E-state index contributed by atoms with van der Waals surface area (Å²) >= 11 is 0. The molecular weight excluding hydrogens is 215 g/mol. The lowest BCUT2D eigenvalue weighted by Gasteiger charge is -2.32. The second-order valence-corrected chi connectivity index (χ2v) is 4.36. The molecule has 0 aliphatic heterocycles. The van der Waals surface area contributed by atoms with Crippen LogP contribution >= 0.6 is 0 Å². The molecule has 16 heavy (non-hydrogen) atoms. The largest absolute Gasteiger partial charge is 0.391 e. The van der Waals surface area contributed by atoms with Crippen molar-refractivity contribution in [3.8, 4) is 12.3 Å². The summed E-state index contributed by atoms with van der Waals surface area (Å²) in [4.78, 5) is 0. The summed E-state index contributed by atoms with van der Waals surface area (Å²) in [6.45, 7) is 2.71. The summed E-state index contributed by atoms with van der Waals surface area (Å²) in [7, 11) is 0. The van der Waals surface area contributed by atoms with Crippen LogP contribution in [0.4, 0.5) is 13.2 Å². The van der Waals surface area contributed by atoms with E-state index in [0.29, 0.717) is 12.8 Å². The van der Waals surface area contributed by atoms with Crippen LogP contribution in [-0.4, -0.2) is 18.8 Å². The average Bonchev–Trinajstić information content (AvgIpc) is 2.25. The maximum Gasteiger partial charge on any atom is 0.391 e. The molecule has 1 aliphatic rings. The molecule has 92 valence electrons. The molecule has 0 saturated heterocycles. The molecule has 0 aromatic carbocycles. The second kappa shape index (κ2) is 5.58. The quantitative estimate of drug-likeness (QED) is 0.739. The van der Waals surface area contributed by atoms with E-state index in [0.717, 1.165) is 6.54 Å². The summed E-state index contributed by atoms with van der Waals surface area (Å²) in [5, 5.41) is 3.14. The molecule has 4 heteroatoms. The van der Waals surface area contributed by atoms with Gasteiger partial charge in [0, 0.05) is 0 Å². The molecule has 0 amide bonds. The molecule has 0 aromatic rings. The van der Waals surface area contributed by atoms with Crippen LogP contribution in [-0.2, 0) is 0 Å². The highest BCUT2D eigenvalue weighted by atomic mass is 19.4. The van der Waals surface area contributed by atoms with Gasteiger partial charge in [0.15, 0.2) is 0 Å². The SMILES string of the molecule is C#CC(NCC)C1CCC(C(F)(F)F)CC1. The molecule has 1 unspecified atom stereocenters. The minimum absolute atomic E-state index is 0.0702. The lowest BCUT2D eigenvalue weighted by molar-refractivity contribution is -0.184. The third kappa shape index (κ3) is 3.41. The van der Waals surface area contributed by atoms with Crippen LogP contribution in [0.25, 0.3) is 0 Å². The van der Waals surface area contributed by atoms with E-state index in [2.05, 4.69) is 11.2 Å². The molecule has 1 N–H and O–H groups in total. The van der Waals surface area contributed by atoms with Gasteiger partial charge in [-0.3, -0.25) is 0 Å². The fourth-order valence-electron chi connectivity index (χ4n) is 2.36. The number of alkyl halides is 3. The van der Waals surface area contributed by atoms with Gasteiger partial charge >= 0.3 is 6.18 Å². The normalized spacial score (nSPS) is 28.4. The Balaban J connectivity index is 2.45. The van der Waals surface area contributed by atoms with E-state index in [1.807, 2.05) is 6.92 Å². The Morgan fingerprint density at radius 3 is 2.25 bits per heavy atom. The van der Waals surface area contributed by atoms with E-state index in [-0.39, 0.29) is 24.8 Å². The number of hydrogen-bond acceptors (Lipinski definition) is 1. The van der Waals surface area contributed by atoms with Crippen molar-refractivity contribution < 1.29 is 13.2 Å². The third-order valence-electron chi connectivity index (χ3n) is 3.31. The number of hydrogen-bond donors (Lipinski definition) is 1. The van der Waals surface area contributed by atoms with E-state index in [4.69, 9.17) is 6.42 Å². The number of nitrogens with one attached hydrogen (secondary N) is 1. The Labute approximate surface area is 94.8 Å². The summed E-state index contributed by atoms with van der Waals surface area (Å²) in [5.74, 6) is 1.71. The molecule has 1 fully saturated rings. The first-order chi connectivity index (χ1) is 7.49. The Morgan fingerprint density at radius 1 is 1.31 bits per heavy atom. The molecule has 1 rings (SSSR count). The fraction of sp³-hybridized carbons (Fsp3) is 0.833. The van der Waals surface area contributed by atoms with Crippen LogP contribution in [0.15, 0.2) is 0 Å². The molecule has 1 nitrogen and oxygen atoms in total. The summed E-state index contributed by atoms with van der Waals surface area (Å²) < 4.78 is 37.3. The monoisotopic (exact) mass is 233 g/mol. The van der Waals surface area contributed by atoms with E-state index in [1.54, 1.807) is 0 Å². The number of halogens is 3. The molecule has 1 saturated carbocycles. The third-order valence-corrected chi connectivity index (χ3v) is 3.31. The van der Waals surface area contributed by atoms with Crippen molar-refractivity contribution in [2.24, 2.45) is 11.8 Å². The Hall–Kier alpha value is -0.690. The summed E-state index contributed by atoms with van der Waals surface area (Å²) in [6, 6.07) is -0.0702. The van der Waals surface area contributed by atoms with Crippen molar-refractivity contribution in [3.05, 3.63) is 0 Å². The van der Waals surface area contributed by atoms with Crippen molar-refractivity contribution in [1.82, 2.24) is 5.32 Å². The van der Waals surface area contributed by atoms with Crippen molar-refractivity contribution in [2.75, 3.05) is 6.54 Å². The van der Waals surface area contributed by atoms with Gasteiger partial charge in [-0.1, -0.05) is 12.8 Å². The van der Waals surface area contributed by atoms with Crippen molar-refractivity contribution in [3.63, 3.8) is 0 Å². The van der Waals surface area contributed by atoms with Crippen LogP contribution in [0.2, 0.25) is 0 Å². The van der Waals surface area contributed by atoms with Crippen molar-refractivity contribution >= 4 is 0 Å². The number of terminal acetylenes is 1. The minimum Gasteiger partial charge on any atom is -0.304 e. The van der Waals surface area contributed by atoms with Crippen molar-refractivity contribution in [1.29, 1.82) is 0 Å². The zero-order valence-corrected chi connectivity index (χ0v) is 9.48. The average molecular weight is 233 g/mol. The van der Waals surface area contributed by atoms with Gasteiger partial charge in [-0.25, -0.2) is 0 Å². The molecule has 1 aliphatic carbocycles. The smallest absolute Gasteiger partial charge is 0.304 e. The highest BCUT2D eigenvalue weighted by molar-refractivity contribution is 5.03. The van der Waals surface area contributed by atoms with Gasteiger partial charge in [-0.2, -0.15) is 13.2 Å². The van der Waals surface area contributed by atoms with Crippen LogP contribution < -0.4 is 5.32 Å². The highest BCUT2D eigenvalue weighted by Crippen LogP contribution is 2.40.